The molecule has 0 saturated heterocycles. The Labute approximate surface area is 149 Å². The smallest absolute Gasteiger partial charge is 0.230 e. The van der Waals surface area contributed by atoms with Gasteiger partial charge in [0.05, 0.1) is 19.2 Å². The van der Waals surface area contributed by atoms with E-state index in [0.717, 1.165) is 28.1 Å². The summed E-state index contributed by atoms with van der Waals surface area (Å²) in [7, 11) is 1.63. The van der Waals surface area contributed by atoms with Crippen molar-refractivity contribution in [3.05, 3.63) is 59.0 Å². The van der Waals surface area contributed by atoms with E-state index in [-0.39, 0.29) is 18.1 Å². The Morgan fingerprint density at radius 2 is 2.00 bits per heavy atom. The molecule has 5 nitrogen and oxygen atoms in total. The molecule has 0 aliphatic rings. The molecule has 3 rings (SSSR count). The molecule has 6 heteroatoms. The molecule has 128 valence electrons. The molecule has 25 heavy (non-hydrogen) atoms. The summed E-state index contributed by atoms with van der Waals surface area (Å²) >= 11 is 1.37. The highest BCUT2D eigenvalue weighted by Crippen LogP contribution is 2.33. The molecule has 0 fully saturated rings. The maximum absolute atomic E-state index is 12.2. The number of ether oxygens (including phenoxy) is 1. The lowest BCUT2D eigenvalue weighted by atomic mass is 10.1. The average Bonchev–Trinajstić information content (AvgIpc) is 3.05. The van der Waals surface area contributed by atoms with Crippen LogP contribution in [0.25, 0.3) is 11.3 Å². The van der Waals surface area contributed by atoms with Crippen LogP contribution in [0.5, 0.6) is 11.5 Å². The van der Waals surface area contributed by atoms with Crippen LogP contribution in [0, 0.1) is 6.92 Å². The first-order valence-corrected chi connectivity index (χ1v) is 8.61. The fourth-order valence-electron chi connectivity index (χ4n) is 2.44. The second-order valence-electron chi connectivity index (χ2n) is 5.63. The van der Waals surface area contributed by atoms with Crippen molar-refractivity contribution >= 4 is 22.4 Å². The standard InChI is InChI=1S/C19H18N2O3S/c1-12-3-8-17(24-2)15(9-12)16-11-25-19(20-16)21-18(23)10-13-4-6-14(22)7-5-13/h3-9,11,22H,10H2,1-2H3,(H,20,21,23). The van der Waals surface area contributed by atoms with Crippen LogP contribution in [0.2, 0.25) is 0 Å². The number of hydrogen-bond donors (Lipinski definition) is 2. The average molecular weight is 354 g/mol. The first-order valence-electron chi connectivity index (χ1n) is 7.73. The van der Waals surface area contributed by atoms with Gasteiger partial charge in [-0.3, -0.25) is 4.79 Å². The minimum absolute atomic E-state index is 0.150. The fourth-order valence-corrected chi connectivity index (χ4v) is 3.17. The van der Waals surface area contributed by atoms with Gasteiger partial charge in [0, 0.05) is 10.9 Å². The molecule has 1 aromatic heterocycles. The number of aryl methyl sites for hydroxylation is 1. The number of carbonyl (C=O) groups is 1. The van der Waals surface area contributed by atoms with E-state index in [1.165, 1.54) is 11.3 Å². The van der Waals surface area contributed by atoms with Crippen molar-refractivity contribution < 1.29 is 14.6 Å². The van der Waals surface area contributed by atoms with Gasteiger partial charge >= 0.3 is 0 Å². The Kier molecular flexibility index (Phi) is 5.00. The largest absolute Gasteiger partial charge is 0.508 e. The Hall–Kier alpha value is -2.86. The van der Waals surface area contributed by atoms with E-state index < -0.39 is 0 Å². The number of aromatic hydroxyl groups is 1. The summed E-state index contributed by atoms with van der Waals surface area (Å²) in [5.41, 5.74) is 3.61. The summed E-state index contributed by atoms with van der Waals surface area (Å²) in [6.07, 6.45) is 0.225. The quantitative estimate of drug-likeness (QED) is 0.726. The van der Waals surface area contributed by atoms with Crippen LogP contribution in [0.4, 0.5) is 5.13 Å². The lowest BCUT2D eigenvalue weighted by molar-refractivity contribution is -0.115. The molecule has 2 N–H and O–H groups in total. The molecule has 0 saturated carbocycles. The summed E-state index contributed by atoms with van der Waals surface area (Å²) in [6, 6.07) is 12.5. The van der Waals surface area contributed by atoms with E-state index in [9.17, 15) is 9.90 Å². The molecule has 0 unspecified atom stereocenters. The van der Waals surface area contributed by atoms with Gasteiger partial charge in [-0.1, -0.05) is 23.8 Å². The van der Waals surface area contributed by atoms with Gasteiger partial charge < -0.3 is 15.2 Å². The number of thiazole rings is 1. The minimum Gasteiger partial charge on any atom is -0.508 e. The number of amides is 1. The number of hydrogen-bond acceptors (Lipinski definition) is 5. The van der Waals surface area contributed by atoms with Gasteiger partial charge in [-0.2, -0.15) is 0 Å². The first-order chi connectivity index (χ1) is 12.0. The zero-order valence-corrected chi connectivity index (χ0v) is 14.8. The van der Waals surface area contributed by atoms with Gasteiger partial charge in [-0.05, 0) is 36.8 Å². The molecule has 0 aliphatic heterocycles. The first kappa shape index (κ1) is 17.0. The molecule has 1 amide bonds. The topological polar surface area (TPSA) is 71.5 Å². The zero-order chi connectivity index (χ0) is 17.8. The third-order valence-corrected chi connectivity index (χ3v) is 4.44. The van der Waals surface area contributed by atoms with Crippen molar-refractivity contribution in [1.82, 2.24) is 4.98 Å². The number of carbonyl (C=O) groups excluding carboxylic acids is 1. The second kappa shape index (κ2) is 7.36. The highest BCUT2D eigenvalue weighted by Gasteiger charge is 2.12. The molecule has 0 spiro atoms. The molecule has 0 atom stereocenters. The van der Waals surface area contributed by atoms with Crippen molar-refractivity contribution in [2.24, 2.45) is 0 Å². The third kappa shape index (κ3) is 4.16. The predicted octanol–water partition coefficient (Wildman–Crippen LogP) is 4.01. The number of rotatable bonds is 5. The van der Waals surface area contributed by atoms with Gasteiger partial charge in [0.1, 0.15) is 11.5 Å². The van der Waals surface area contributed by atoms with Crippen LogP contribution in [0.15, 0.2) is 47.8 Å². The maximum Gasteiger partial charge on any atom is 0.230 e. The van der Waals surface area contributed by atoms with Crippen molar-refractivity contribution in [2.45, 2.75) is 13.3 Å². The summed E-state index contributed by atoms with van der Waals surface area (Å²) < 4.78 is 5.39. The van der Waals surface area contributed by atoms with E-state index in [0.29, 0.717) is 5.13 Å². The number of nitrogens with one attached hydrogen (secondary N) is 1. The fraction of sp³-hybridized carbons (Fsp3) is 0.158. The number of phenols is 1. The zero-order valence-electron chi connectivity index (χ0n) is 13.9. The summed E-state index contributed by atoms with van der Waals surface area (Å²) in [5, 5.41) is 14.5. The SMILES string of the molecule is COc1ccc(C)cc1-c1csc(NC(=O)Cc2ccc(O)cc2)n1. The Balaban J connectivity index is 1.72. The van der Waals surface area contributed by atoms with E-state index >= 15 is 0 Å². The van der Waals surface area contributed by atoms with Crippen LogP contribution in [-0.2, 0) is 11.2 Å². The van der Waals surface area contributed by atoms with Crippen molar-refractivity contribution in [1.29, 1.82) is 0 Å². The van der Waals surface area contributed by atoms with E-state index in [2.05, 4.69) is 10.3 Å². The number of aromatic nitrogens is 1. The number of anilines is 1. The third-order valence-electron chi connectivity index (χ3n) is 3.68. The monoisotopic (exact) mass is 354 g/mol. The van der Waals surface area contributed by atoms with Crippen LogP contribution in [0.3, 0.4) is 0 Å². The summed E-state index contributed by atoms with van der Waals surface area (Å²) in [6.45, 7) is 2.01. The van der Waals surface area contributed by atoms with Crippen molar-refractivity contribution in [3.8, 4) is 22.8 Å². The van der Waals surface area contributed by atoms with Gasteiger partial charge in [0.25, 0.3) is 0 Å². The van der Waals surface area contributed by atoms with Gasteiger partial charge in [-0.15, -0.1) is 11.3 Å². The lowest BCUT2D eigenvalue weighted by Gasteiger charge is -2.07. The second-order valence-corrected chi connectivity index (χ2v) is 6.49. The number of benzene rings is 2. The van der Waals surface area contributed by atoms with E-state index in [4.69, 9.17) is 4.74 Å². The van der Waals surface area contributed by atoms with Gasteiger partial charge in [0.2, 0.25) is 5.91 Å². The van der Waals surface area contributed by atoms with E-state index in [1.54, 1.807) is 31.4 Å². The highest BCUT2D eigenvalue weighted by atomic mass is 32.1. The molecule has 0 aliphatic carbocycles. The molecule has 1 heterocycles. The molecular weight excluding hydrogens is 336 g/mol. The van der Waals surface area contributed by atoms with Gasteiger partial charge in [0.15, 0.2) is 5.13 Å². The molecule has 2 aromatic carbocycles. The normalized spacial score (nSPS) is 10.5. The summed E-state index contributed by atoms with van der Waals surface area (Å²) in [4.78, 5) is 16.7. The Morgan fingerprint density at radius 1 is 1.24 bits per heavy atom. The van der Waals surface area contributed by atoms with Crippen LogP contribution < -0.4 is 10.1 Å². The number of nitrogens with zero attached hydrogens (tertiary/aromatic N) is 1. The summed E-state index contributed by atoms with van der Waals surface area (Å²) in [5.74, 6) is 0.779. The van der Waals surface area contributed by atoms with Crippen LogP contribution in [0.1, 0.15) is 11.1 Å². The predicted molar refractivity (Wildman–Crippen MR) is 99.3 cm³/mol. The Bertz CT molecular complexity index is 888. The highest BCUT2D eigenvalue weighted by molar-refractivity contribution is 7.14. The van der Waals surface area contributed by atoms with Gasteiger partial charge in [-0.25, -0.2) is 4.98 Å². The van der Waals surface area contributed by atoms with Crippen molar-refractivity contribution in [3.63, 3.8) is 0 Å². The molecule has 3 aromatic rings. The number of methoxy groups -OCH3 is 1. The molecule has 0 radical (unpaired) electrons. The van der Waals surface area contributed by atoms with Crippen LogP contribution in [-0.4, -0.2) is 23.1 Å². The van der Waals surface area contributed by atoms with Crippen molar-refractivity contribution in [2.75, 3.05) is 12.4 Å². The van der Waals surface area contributed by atoms with Crippen LogP contribution >= 0.6 is 11.3 Å². The van der Waals surface area contributed by atoms with E-state index in [1.807, 2.05) is 30.5 Å². The lowest BCUT2D eigenvalue weighted by Crippen LogP contribution is -2.14. The Morgan fingerprint density at radius 3 is 2.72 bits per heavy atom. The number of phenolic OH excluding ortho intramolecular Hbond substituents is 1. The molecular formula is C19H18N2O3S. The maximum atomic E-state index is 12.2. The molecule has 0 bridgehead atoms. The minimum atomic E-state index is -0.150.